The molecule has 0 bridgehead atoms. The van der Waals surface area contributed by atoms with Gasteiger partial charge in [-0.2, -0.15) is 0 Å². The van der Waals surface area contributed by atoms with Crippen LogP contribution in [0.2, 0.25) is 0 Å². The van der Waals surface area contributed by atoms with Gasteiger partial charge in [0.1, 0.15) is 0 Å². The number of aryl methyl sites for hydroxylation is 2. The van der Waals surface area contributed by atoms with Gasteiger partial charge < -0.3 is 11.1 Å². The summed E-state index contributed by atoms with van der Waals surface area (Å²) in [5.41, 5.74) is 7.55. The Hall–Kier alpha value is -0.450. The van der Waals surface area contributed by atoms with Crippen molar-refractivity contribution in [3.05, 3.63) is 15.6 Å². The van der Waals surface area contributed by atoms with Crippen LogP contribution >= 0.6 is 11.3 Å². The molecule has 0 aromatic carbocycles. The summed E-state index contributed by atoms with van der Waals surface area (Å²) in [6, 6.07) is 0.386. The lowest BCUT2D eigenvalue weighted by Gasteiger charge is -2.37. The Labute approximate surface area is 121 Å². The number of hydrogen-bond acceptors (Lipinski definition) is 4. The first-order valence-corrected chi connectivity index (χ1v) is 8.25. The summed E-state index contributed by atoms with van der Waals surface area (Å²) in [5, 5.41) is 4.86. The predicted octanol–water partition coefficient (Wildman–Crippen LogP) is 3.32. The highest BCUT2D eigenvalue weighted by molar-refractivity contribution is 7.11. The van der Waals surface area contributed by atoms with E-state index in [1.807, 2.05) is 11.3 Å². The monoisotopic (exact) mass is 281 g/mol. The molecule has 0 spiro atoms. The third-order valence-electron chi connectivity index (χ3n) is 4.46. The molecule has 1 aliphatic carbocycles. The van der Waals surface area contributed by atoms with Gasteiger partial charge in [-0.15, -0.1) is 11.3 Å². The molecular formula is C15H27N3S. The highest BCUT2D eigenvalue weighted by atomic mass is 32.1. The molecule has 1 aliphatic rings. The second-order valence-corrected chi connectivity index (χ2v) is 7.28. The maximum atomic E-state index is 6.05. The Kier molecular flexibility index (Phi) is 4.98. The Morgan fingerprint density at radius 3 is 2.53 bits per heavy atom. The fourth-order valence-corrected chi connectivity index (χ4v) is 4.12. The van der Waals surface area contributed by atoms with Crippen molar-refractivity contribution in [3.63, 3.8) is 0 Å². The summed E-state index contributed by atoms with van der Waals surface area (Å²) in [6.07, 6.45) is 6.62. The molecule has 1 atom stereocenters. The molecule has 0 aliphatic heterocycles. The molecule has 19 heavy (non-hydrogen) atoms. The third kappa shape index (κ3) is 3.56. The van der Waals surface area contributed by atoms with Crippen molar-refractivity contribution >= 4 is 11.3 Å². The van der Waals surface area contributed by atoms with Crippen LogP contribution in [-0.4, -0.2) is 18.1 Å². The van der Waals surface area contributed by atoms with E-state index in [0.717, 1.165) is 18.1 Å². The van der Waals surface area contributed by atoms with Crippen LogP contribution in [0.15, 0.2) is 0 Å². The SMILES string of the molecule is Cc1nc(C)c(C(C)NCC2(CN)CCCCC2)s1. The number of nitrogens with two attached hydrogens (primary N) is 1. The van der Waals surface area contributed by atoms with Crippen LogP contribution in [0.25, 0.3) is 0 Å². The maximum Gasteiger partial charge on any atom is 0.0900 e. The van der Waals surface area contributed by atoms with Gasteiger partial charge in [0.25, 0.3) is 0 Å². The van der Waals surface area contributed by atoms with Gasteiger partial charge in [0.05, 0.1) is 10.7 Å². The van der Waals surface area contributed by atoms with Gasteiger partial charge >= 0.3 is 0 Å². The number of nitrogens with one attached hydrogen (secondary N) is 1. The Morgan fingerprint density at radius 1 is 1.32 bits per heavy atom. The normalized spacial score (nSPS) is 20.4. The minimum Gasteiger partial charge on any atom is -0.330 e. The lowest BCUT2D eigenvalue weighted by Crippen LogP contribution is -2.42. The van der Waals surface area contributed by atoms with Crippen LogP contribution in [0.3, 0.4) is 0 Å². The van der Waals surface area contributed by atoms with Crippen LogP contribution in [0.1, 0.15) is 60.6 Å². The number of nitrogens with zero attached hydrogens (tertiary/aromatic N) is 1. The molecule has 0 saturated heterocycles. The molecule has 1 fully saturated rings. The number of aromatic nitrogens is 1. The summed E-state index contributed by atoms with van der Waals surface area (Å²) in [7, 11) is 0. The van der Waals surface area contributed by atoms with Crippen molar-refractivity contribution in [3.8, 4) is 0 Å². The number of thiazole rings is 1. The molecule has 3 N–H and O–H groups in total. The molecule has 1 unspecified atom stereocenters. The summed E-state index contributed by atoms with van der Waals surface area (Å²) < 4.78 is 0. The Balaban J connectivity index is 1.95. The van der Waals surface area contributed by atoms with Crippen LogP contribution in [0.5, 0.6) is 0 Å². The summed E-state index contributed by atoms with van der Waals surface area (Å²) in [5.74, 6) is 0. The first-order chi connectivity index (χ1) is 9.06. The minimum absolute atomic E-state index is 0.333. The number of hydrogen-bond donors (Lipinski definition) is 2. The quantitative estimate of drug-likeness (QED) is 0.870. The topological polar surface area (TPSA) is 50.9 Å². The summed E-state index contributed by atoms with van der Waals surface area (Å²) >= 11 is 1.81. The van der Waals surface area contributed by atoms with Crippen molar-refractivity contribution in [2.75, 3.05) is 13.1 Å². The van der Waals surface area contributed by atoms with Gasteiger partial charge in [-0.3, -0.25) is 0 Å². The highest BCUT2D eigenvalue weighted by Crippen LogP contribution is 2.35. The molecule has 1 heterocycles. The molecule has 0 amide bonds. The average molecular weight is 281 g/mol. The van der Waals surface area contributed by atoms with E-state index in [0.29, 0.717) is 11.5 Å². The molecule has 1 saturated carbocycles. The van der Waals surface area contributed by atoms with Gasteiger partial charge in [0.2, 0.25) is 0 Å². The zero-order chi connectivity index (χ0) is 13.9. The van der Waals surface area contributed by atoms with Gasteiger partial charge in [-0.25, -0.2) is 4.98 Å². The lowest BCUT2D eigenvalue weighted by molar-refractivity contribution is 0.186. The fourth-order valence-electron chi connectivity index (χ4n) is 3.17. The molecule has 2 rings (SSSR count). The van der Waals surface area contributed by atoms with E-state index in [1.54, 1.807) is 0 Å². The predicted molar refractivity (Wildman–Crippen MR) is 82.6 cm³/mol. The van der Waals surface area contributed by atoms with Gasteiger partial charge in [-0.1, -0.05) is 19.3 Å². The Morgan fingerprint density at radius 2 is 2.00 bits per heavy atom. The van der Waals surface area contributed by atoms with Crippen molar-refractivity contribution in [1.82, 2.24) is 10.3 Å². The summed E-state index contributed by atoms with van der Waals surface area (Å²) in [6.45, 7) is 8.29. The van der Waals surface area contributed by atoms with E-state index in [9.17, 15) is 0 Å². The van der Waals surface area contributed by atoms with E-state index in [2.05, 4.69) is 31.1 Å². The van der Waals surface area contributed by atoms with Crippen LogP contribution in [-0.2, 0) is 0 Å². The van der Waals surface area contributed by atoms with Gasteiger partial charge in [0.15, 0.2) is 0 Å². The molecule has 3 nitrogen and oxygen atoms in total. The van der Waals surface area contributed by atoms with E-state index < -0.39 is 0 Å². The fraction of sp³-hybridized carbons (Fsp3) is 0.800. The smallest absolute Gasteiger partial charge is 0.0900 e. The number of rotatable bonds is 5. The molecule has 108 valence electrons. The van der Waals surface area contributed by atoms with E-state index in [4.69, 9.17) is 5.73 Å². The molecule has 1 aromatic heterocycles. The third-order valence-corrected chi connectivity index (χ3v) is 5.72. The van der Waals surface area contributed by atoms with Crippen molar-refractivity contribution in [2.24, 2.45) is 11.1 Å². The van der Waals surface area contributed by atoms with E-state index in [1.165, 1.54) is 42.7 Å². The maximum absolute atomic E-state index is 6.05. The van der Waals surface area contributed by atoms with Crippen LogP contribution in [0, 0.1) is 19.3 Å². The zero-order valence-electron chi connectivity index (χ0n) is 12.5. The van der Waals surface area contributed by atoms with Crippen LogP contribution < -0.4 is 11.1 Å². The second kappa shape index (κ2) is 6.33. The van der Waals surface area contributed by atoms with E-state index in [-0.39, 0.29) is 0 Å². The molecule has 1 aromatic rings. The average Bonchev–Trinajstić information content (AvgIpc) is 2.76. The van der Waals surface area contributed by atoms with Crippen molar-refractivity contribution in [2.45, 2.75) is 58.9 Å². The summed E-state index contributed by atoms with van der Waals surface area (Å²) in [4.78, 5) is 5.89. The highest BCUT2D eigenvalue weighted by Gasteiger charge is 2.31. The molecule has 0 radical (unpaired) electrons. The molecular weight excluding hydrogens is 254 g/mol. The largest absolute Gasteiger partial charge is 0.330 e. The van der Waals surface area contributed by atoms with Crippen LogP contribution in [0.4, 0.5) is 0 Å². The molecule has 4 heteroatoms. The first kappa shape index (κ1) is 14.9. The first-order valence-electron chi connectivity index (χ1n) is 7.44. The second-order valence-electron chi connectivity index (χ2n) is 6.05. The van der Waals surface area contributed by atoms with Crippen molar-refractivity contribution < 1.29 is 0 Å². The zero-order valence-corrected chi connectivity index (χ0v) is 13.3. The van der Waals surface area contributed by atoms with Gasteiger partial charge in [0, 0.05) is 17.5 Å². The Bertz CT molecular complexity index is 408. The lowest BCUT2D eigenvalue weighted by atomic mass is 9.74. The van der Waals surface area contributed by atoms with E-state index >= 15 is 0 Å². The van der Waals surface area contributed by atoms with Crippen molar-refractivity contribution in [1.29, 1.82) is 0 Å². The minimum atomic E-state index is 0.333. The standard InChI is InChI=1S/C15H27N3S/c1-11(14-12(2)18-13(3)19-14)17-10-15(9-16)7-5-4-6-8-15/h11,17H,4-10,16H2,1-3H3. The van der Waals surface area contributed by atoms with Gasteiger partial charge in [-0.05, 0) is 45.6 Å².